The second kappa shape index (κ2) is 7.97. The molecule has 4 nitrogen and oxygen atoms in total. The third kappa shape index (κ3) is 3.57. The Balaban J connectivity index is 2.18. The van der Waals surface area contributed by atoms with Crippen molar-refractivity contribution < 1.29 is 19.1 Å². The molecule has 1 atom stereocenters. The number of halogens is 1. The van der Waals surface area contributed by atoms with Gasteiger partial charge in [-0.25, -0.2) is 4.39 Å². The van der Waals surface area contributed by atoms with E-state index in [9.17, 15) is 19.1 Å². The summed E-state index contributed by atoms with van der Waals surface area (Å²) in [5, 5.41) is 10.9. The summed E-state index contributed by atoms with van der Waals surface area (Å²) >= 11 is 0. The van der Waals surface area contributed by atoms with Crippen LogP contribution in [0, 0.1) is 19.7 Å². The van der Waals surface area contributed by atoms with Crippen LogP contribution in [-0.4, -0.2) is 28.2 Å². The van der Waals surface area contributed by atoms with Gasteiger partial charge in [0, 0.05) is 12.1 Å². The van der Waals surface area contributed by atoms with Crippen LogP contribution >= 0.6 is 0 Å². The molecule has 146 valence electrons. The van der Waals surface area contributed by atoms with Gasteiger partial charge in [0.15, 0.2) is 0 Å². The zero-order valence-electron chi connectivity index (χ0n) is 16.3. The van der Waals surface area contributed by atoms with Gasteiger partial charge in [0.25, 0.3) is 11.7 Å². The molecule has 28 heavy (non-hydrogen) atoms. The Morgan fingerprint density at radius 2 is 1.89 bits per heavy atom. The van der Waals surface area contributed by atoms with E-state index in [-0.39, 0.29) is 11.3 Å². The molecule has 0 radical (unpaired) electrons. The van der Waals surface area contributed by atoms with Crippen molar-refractivity contribution in [2.75, 3.05) is 6.54 Å². The Morgan fingerprint density at radius 3 is 2.54 bits per heavy atom. The molecule has 1 heterocycles. The summed E-state index contributed by atoms with van der Waals surface area (Å²) in [6.07, 6.45) is 1.63. The number of aliphatic hydroxyl groups is 1. The van der Waals surface area contributed by atoms with Gasteiger partial charge < -0.3 is 10.0 Å². The van der Waals surface area contributed by atoms with Crippen molar-refractivity contribution in [3.8, 4) is 0 Å². The first-order chi connectivity index (χ1) is 13.3. The van der Waals surface area contributed by atoms with Crippen LogP contribution < -0.4 is 0 Å². The Kier molecular flexibility index (Phi) is 5.63. The predicted molar refractivity (Wildman–Crippen MR) is 106 cm³/mol. The van der Waals surface area contributed by atoms with Crippen molar-refractivity contribution in [3.63, 3.8) is 0 Å². The van der Waals surface area contributed by atoms with Gasteiger partial charge in [-0.2, -0.15) is 0 Å². The van der Waals surface area contributed by atoms with Crippen molar-refractivity contribution in [2.45, 2.75) is 39.7 Å². The van der Waals surface area contributed by atoms with Crippen molar-refractivity contribution >= 4 is 17.4 Å². The number of benzene rings is 2. The zero-order chi connectivity index (χ0) is 20.4. The molecule has 1 aliphatic rings. The number of ketones is 1. The summed E-state index contributed by atoms with van der Waals surface area (Å²) in [6.45, 7) is 5.97. The van der Waals surface area contributed by atoms with Crippen LogP contribution in [0.15, 0.2) is 48.0 Å². The van der Waals surface area contributed by atoms with Gasteiger partial charge in [-0.05, 0) is 49.6 Å². The molecule has 0 aromatic heterocycles. The number of aryl methyl sites for hydroxylation is 2. The molecule has 1 aliphatic heterocycles. The maximum atomic E-state index is 13.6. The summed E-state index contributed by atoms with van der Waals surface area (Å²) < 4.78 is 13.6. The fraction of sp³-hybridized carbons (Fsp3) is 0.304. The smallest absolute Gasteiger partial charge is 0.295 e. The predicted octanol–water partition coefficient (Wildman–Crippen LogP) is 4.66. The van der Waals surface area contributed by atoms with Gasteiger partial charge in [-0.3, -0.25) is 9.59 Å². The second-order valence-electron chi connectivity index (χ2n) is 7.22. The monoisotopic (exact) mass is 381 g/mol. The molecular weight excluding hydrogens is 357 g/mol. The first kappa shape index (κ1) is 19.8. The number of carbonyl (C=O) groups is 2. The molecule has 3 rings (SSSR count). The molecule has 0 aliphatic carbocycles. The Morgan fingerprint density at radius 1 is 1.14 bits per heavy atom. The van der Waals surface area contributed by atoms with Crippen molar-refractivity contribution in [1.29, 1.82) is 0 Å². The zero-order valence-corrected chi connectivity index (χ0v) is 16.3. The second-order valence-corrected chi connectivity index (χ2v) is 7.22. The molecule has 0 spiro atoms. The van der Waals surface area contributed by atoms with Crippen LogP contribution in [0.2, 0.25) is 0 Å². The minimum atomic E-state index is -0.706. The summed E-state index contributed by atoms with van der Waals surface area (Å²) in [7, 11) is 0. The number of hydrogen-bond donors (Lipinski definition) is 1. The minimum Gasteiger partial charge on any atom is -0.507 e. The normalized spacial score (nSPS) is 18.7. The van der Waals surface area contributed by atoms with E-state index < -0.39 is 23.5 Å². The lowest BCUT2D eigenvalue weighted by molar-refractivity contribution is -0.139. The summed E-state index contributed by atoms with van der Waals surface area (Å²) in [5.41, 5.74) is 2.51. The van der Waals surface area contributed by atoms with E-state index in [1.165, 1.54) is 23.1 Å². The molecule has 1 fully saturated rings. The van der Waals surface area contributed by atoms with Gasteiger partial charge in [0.1, 0.15) is 11.6 Å². The number of nitrogens with zero attached hydrogens (tertiary/aromatic N) is 1. The van der Waals surface area contributed by atoms with Crippen molar-refractivity contribution in [3.05, 3.63) is 76.1 Å². The molecule has 2 aromatic rings. The van der Waals surface area contributed by atoms with Crippen molar-refractivity contribution in [2.24, 2.45) is 0 Å². The molecule has 1 amide bonds. The maximum absolute atomic E-state index is 13.6. The first-order valence-electron chi connectivity index (χ1n) is 9.46. The van der Waals surface area contributed by atoms with E-state index in [2.05, 4.69) is 0 Å². The molecule has 1 saturated heterocycles. The molecular formula is C23H24FNO3. The third-order valence-corrected chi connectivity index (χ3v) is 5.08. The van der Waals surface area contributed by atoms with Crippen LogP contribution in [-0.2, 0) is 9.59 Å². The number of unbranched alkanes of at least 4 members (excludes halogenated alkanes) is 1. The standard InChI is InChI=1S/C23H24FNO3/c1-4-5-11-25-20(16-8-6-7-14(2)12-16)19(22(27)23(25)28)21(26)17-9-10-18(24)15(3)13-17/h6-10,12-13,20,26H,4-5,11H2,1-3H3/b21-19-. The van der Waals surface area contributed by atoms with Gasteiger partial charge >= 0.3 is 0 Å². The number of aliphatic hydroxyl groups excluding tert-OH is 1. The van der Waals surface area contributed by atoms with E-state index in [4.69, 9.17) is 0 Å². The molecule has 0 saturated carbocycles. The summed E-state index contributed by atoms with van der Waals surface area (Å²) in [6, 6.07) is 11.1. The van der Waals surface area contributed by atoms with Crippen LogP contribution in [0.25, 0.3) is 5.76 Å². The highest BCUT2D eigenvalue weighted by Gasteiger charge is 2.45. The quantitative estimate of drug-likeness (QED) is 0.465. The van der Waals surface area contributed by atoms with Crippen LogP contribution in [0.3, 0.4) is 0 Å². The summed E-state index contributed by atoms with van der Waals surface area (Å²) in [4.78, 5) is 27.1. The number of Topliss-reactive ketones (excluding diaryl/α,β-unsaturated/α-hetero) is 1. The lowest BCUT2D eigenvalue weighted by Crippen LogP contribution is -2.30. The largest absolute Gasteiger partial charge is 0.507 e. The Bertz CT molecular complexity index is 964. The highest BCUT2D eigenvalue weighted by molar-refractivity contribution is 6.46. The molecule has 2 aromatic carbocycles. The first-order valence-corrected chi connectivity index (χ1v) is 9.46. The van der Waals surface area contributed by atoms with Gasteiger partial charge in [0.2, 0.25) is 0 Å². The van der Waals surface area contributed by atoms with Gasteiger partial charge in [-0.1, -0.05) is 43.2 Å². The maximum Gasteiger partial charge on any atom is 0.295 e. The van der Waals surface area contributed by atoms with Crippen molar-refractivity contribution in [1.82, 2.24) is 4.90 Å². The number of rotatable bonds is 5. The van der Waals surface area contributed by atoms with Gasteiger partial charge in [0.05, 0.1) is 11.6 Å². The lowest BCUT2D eigenvalue weighted by atomic mass is 9.94. The van der Waals surface area contributed by atoms with E-state index in [1.807, 2.05) is 38.1 Å². The van der Waals surface area contributed by atoms with E-state index in [0.717, 1.165) is 24.0 Å². The fourth-order valence-electron chi connectivity index (χ4n) is 3.57. The molecule has 0 bridgehead atoms. The van der Waals surface area contributed by atoms with Crippen LogP contribution in [0.1, 0.15) is 48.1 Å². The van der Waals surface area contributed by atoms with Crippen LogP contribution in [0.4, 0.5) is 4.39 Å². The molecule has 1 N–H and O–H groups in total. The highest BCUT2D eigenvalue weighted by atomic mass is 19.1. The summed E-state index contributed by atoms with van der Waals surface area (Å²) in [5.74, 6) is -1.98. The number of likely N-dealkylation sites (tertiary alicyclic amines) is 1. The number of carbonyl (C=O) groups excluding carboxylic acids is 2. The average Bonchev–Trinajstić information content (AvgIpc) is 2.92. The Labute approximate surface area is 164 Å². The SMILES string of the molecule is CCCCN1C(=O)C(=O)/C(=C(\O)c2ccc(F)c(C)c2)C1c1cccc(C)c1. The molecule has 5 heteroatoms. The third-order valence-electron chi connectivity index (χ3n) is 5.08. The minimum absolute atomic E-state index is 0.0534. The van der Waals surface area contributed by atoms with E-state index >= 15 is 0 Å². The van der Waals surface area contributed by atoms with Crippen LogP contribution in [0.5, 0.6) is 0 Å². The fourth-order valence-corrected chi connectivity index (χ4v) is 3.57. The average molecular weight is 381 g/mol. The highest BCUT2D eigenvalue weighted by Crippen LogP contribution is 2.39. The number of amides is 1. The van der Waals surface area contributed by atoms with E-state index in [1.54, 1.807) is 6.92 Å². The Hall–Kier alpha value is -2.95. The lowest BCUT2D eigenvalue weighted by Gasteiger charge is -2.25. The number of hydrogen-bond acceptors (Lipinski definition) is 3. The molecule has 1 unspecified atom stereocenters. The topological polar surface area (TPSA) is 57.6 Å². The van der Waals surface area contributed by atoms with E-state index in [0.29, 0.717) is 17.7 Å². The van der Waals surface area contributed by atoms with Gasteiger partial charge in [-0.15, -0.1) is 0 Å².